The van der Waals surface area contributed by atoms with Gasteiger partial charge in [0, 0.05) is 16.8 Å². The third-order valence-corrected chi connectivity index (χ3v) is 2.83. The molecular formula is C15H20N2O4. The molecule has 114 valence electrons. The molecule has 3 N–H and O–H groups in total. The molecule has 6 heteroatoms. The van der Waals surface area contributed by atoms with Crippen molar-refractivity contribution in [2.45, 2.75) is 27.7 Å². The molecule has 1 aromatic carbocycles. The van der Waals surface area contributed by atoms with Crippen LogP contribution in [0.25, 0.3) is 0 Å². The van der Waals surface area contributed by atoms with Crippen molar-refractivity contribution in [3.8, 4) is 0 Å². The highest BCUT2D eigenvalue weighted by Gasteiger charge is 2.22. The lowest BCUT2D eigenvalue weighted by molar-refractivity contribution is -0.144. The van der Waals surface area contributed by atoms with Crippen LogP contribution >= 0.6 is 0 Å². The van der Waals surface area contributed by atoms with Gasteiger partial charge >= 0.3 is 5.97 Å². The van der Waals surface area contributed by atoms with Crippen LogP contribution in [0, 0.1) is 11.3 Å². The van der Waals surface area contributed by atoms with E-state index in [-0.39, 0.29) is 5.91 Å². The Labute approximate surface area is 123 Å². The van der Waals surface area contributed by atoms with Crippen LogP contribution in [-0.4, -0.2) is 22.9 Å². The summed E-state index contributed by atoms with van der Waals surface area (Å²) in [5.74, 6) is -3.09. The van der Waals surface area contributed by atoms with Gasteiger partial charge in [-0.3, -0.25) is 14.4 Å². The number of rotatable bonds is 4. The van der Waals surface area contributed by atoms with E-state index in [2.05, 4.69) is 10.6 Å². The van der Waals surface area contributed by atoms with Gasteiger partial charge in [-0.15, -0.1) is 0 Å². The predicted octanol–water partition coefficient (Wildman–Crippen LogP) is 2.33. The monoisotopic (exact) mass is 292 g/mol. The molecule has 0 heterocycles. The summed E-state index contributed by atoms with van der Waals surface area (Å²) in [7, 11) is 0. The predicted molar refractivity (Wildman–Crippen MR) is 80.0 cm³/mol. The van der Waals surface area contributed by atoms with Crippen molar-refractivity contribution in [1.82, 2.24) is 0 Å². The van der Waals surface area contributed by atoms with E-state index in [1.54, 1.807) is 45.0 Å². The molecule has 1 unspecified atom stereocenters. The number of carboxylic acid groups (broad SMARTS) is 1. The summed E-state index contributed by atoms with van der Waals surface area (Å²) in [5, 5.41) is 14.0. The Morgan fingerprint density at radius 2 is 1.62 bits per heavy atom. The molecule has 0 spiro atoms. The van der Waals surface area contributed by atoms with E-state index in [0.29, 0.717) is 11.4 Å². The Kier molecular flexibility index (Phi) is 5.07. The summed E-state index contributed by atoms with van der Waals surface area (Å²) in [6.07, 6.45) is 0. The summed E-state index contributed by atoms with van der Waals surface area (Å²) < 4.78 is 0. The second-order valence-corrected chi connectivity index (χ2v) is 5.83. The first-order valence-corrected chi connectivity index (χ1v) is 6.56. The lowest BCUT2D eigenvalue weighted by Gasteiger charge is -2.18. The van der Waals surface area contributed by atoms with Crippen LogP contribution in [0.5, 0.6) is 0 Å². The standard InChI is InChI=1S/C15H20N2O4/c1-9(13(19)20)12(18)16-10-6-5-7-11(8-10)17-14(21)15(2,3)4/h5-9H,1-4H3,(H,16,18)(H,17,21)(H,19,20). The van der Waals surface area contributed by atoms with Crippen LogP contribution in [0.4, 0.5) is 11.4 Å². The largest absolute Gasteiger partial charge is 0.481 e. The minimum absolute atomic E-state index is 0.148. The normalized spacial score (nSPS) is 12.4. The lowest BCUT2D eigenvalue weighted by Crippen LogP contribution is -2.28. The zero-order valence-electron chi connectivity index (χ0n) is 12.6. The molecule has 0 aliphatic rings. The molecule has 0 aliphatic carbocycles. The summed E-state index contributed by atoms with van der Waals surface area (Å²) in [6, 6.07) is 6.56. The van der Waals surface area contributed by atoms with Gasteiger partial charge in [-0.05, 0) is 25.1 Å². The van der Waals surface area contributed by atoms with Gasteiger partial charge in [0.25, 0.3) is 0 Å². The molecular weight excluding hydrogens is 272 g/mol. The van der Waals surface area contributed by atoms with Crippen molar-refractivity contribution >= 4 is 29.2 Å². The second-order valence-electron chi connectivity index (χ2n) is 5.83. The van der Waals surface area contributed by atoms with Crippen molar-refractivity contribution in [1.29, 1.82) is 0 Å². The Bertz CT molecular complexity index is 561. The SMILES string of the molecule is CC(C(=O)O)C(=O)Nc1cccc(NC(=O)C(C)(C)C)c1. The second kappa shape index (κ2) is 6.39. The quantitative estimate of drug-likeness (QED) is 0.742. The van der Waals surface area contributed by atoms with Crippen molar-refractivity contribution < 1.29 is 19.5 Å². The van der Waals surface area contributed by atoms with Gasteiger partial charge in [0.1, 0.15) is 5.92 Å². The third kappa shape index (κ3) is 4.91. The molecule has 0 saturated heterocycles. The molecule has 1 rings (SSSR count). The minimum atomic E-state index is -1.19. The molecule has 1 aromatic rings. The van der Waals surface area contributed by atoms with Crippen LogP contribution < -0.4 is 10.6 Å². The van der Waals surface area contributed by atoms with Gasteiger partial charge in [-0.2, -0.15) is 0 Å². The number of nitrogens with one attached hydrogen (secondary N) is 2. The maximum absolute atomic E-state index is 11.9. The molecule has 0 radical (unpaired) electrons. The zero-order chi connectivity index (χ0) is 16.2. The number of carboxylic acids is 1. The molecule has 2 amide bonds. The van der Waals surface area contributed by atoms with Gasteiger partial charge in [-0.1, -0.05) is 26.8 Å². The maximum Gasteiger partial charge on any atom is 0.315 e. The van der Waals surface area contributed by atoms with Gasteiger partial charge in [-0.25, -0.2) is 0 Å². The Morgan fingerprint density at radius 3 is 2.10 bits per heavy atom. The summed E-state index contributed by atoms with van der Waals surface area (Å²) in [5.41, 5.74) is 0.437. The Hall–Kier alpha value is -2.37. The van der Waals surface area contributed by atoms with Gasteiger partial charge in [0.2, 0.25) is 11.8 Å². The molecule has 0 bridgehead atoms. The highest BCUT2D eigenvalue weighted by atomic mass is 16.4. The molecule has 0 aliphatic heterocycles. The Morgan fingerprint density at radius 1 is 1.10 bits per heavy atom. The number of hydrogen-bond donors (Lipinski definition) is 3. The first kappa shape index (κ1) is 16.7. The van der Waals surface area contributed by atoms with Gasteiger partial charge in [0.15, 0.2) is 0 Å². The number of benzene rings is 1. The van der Waals surface area contributed by atoms with Crippen molar-refractivity contribution in [3.05, 3.63) is 24.3 Å². The average molecular weight is 292 g/mol. The van der Waals surface area contributed by atoms with Gasteiger partial charge in [0.05, 0.1) is 0 Å². The lowest BCUT2D eigenvalue weighted by atomic mass is 9.95. The number of anilines is 2. The topological polar surface area (TPSA) is 95.5 Å². The van der Waals surface area contributed by atoms with E-state index in [1.807, 2.05) is 0 Å². The number of amides is 2. The van der Waals surface area contributed by atoms with Gasteiger partial charge < -0.3 is 15.7 Å². The van der Waals surface area contributed by atoms with E-state index in [4.69, 9.17) is 5.11 Å². The van der Waals surface area contributed by atoms with Crippen molar-refractivity contribution in [2.75, 3.05) is 10.6 Å². The fourth-order valence-corrected chi connectivity index (χ4v) is 1.36. The third-order valence-electron chi connectivity index (χ3n) is 2.83. The number of aliphatic carboxylic acids is 1. The summed E-state index contributed by atoms with van der Waals surface area (Å²) in [6.45, 7) is 6.69. The van der Waals surface area contributed by atoms with E-state index >= 15 is 0 Å². The highest BCUT2D eigenvalue weighted by molar-refractivity contribution is 6.04. The van der Waals surface area contributed by atoms with Crippen LogP contribution in [0.3, 0.4) is 0 Å². The fraction of sp³-hybridized carbons (Fsp3) is 0.400. The number of hydrogen-bond acceptors (Lipinski definition) is 3. The van der Waals surface area contributed by atoms with E-state index in [1.165, 1.54) is 6.92 Å². The molecule has 0 fully saturated rings. The molecule has 0 aromatic heterocycles. The molecule has 6 nitrogen and oxygen atoms in total. The molecule has 21 heavy (non-hydrogen) atoms. The van der Waals surface area contributed by atoms with Crippen LogP contribution in [0.15, 0.2) is 24.3 Å². The zero-order valence-corrected chi connectivity index (χ0v) is 12.6. The van der Waals surface area contributed by atoms with Crippen LogP contribution in [0.2, 0.25) is 0 Å². The summed E-state index contributed by atoms with van der Waals surface area (Å²) in [4.78, 5) is 34.3. The van der Waals surface area contributed by atoms with E-state index in [9.17, 15) is 14.4 Å². The Balaban J connectivity index is 2.80. The van der Waals surface area contributed by atoms with Crippen LogP contribution in [0.1, 0.15) is 27.7 Å². The van der Waals surface area contributed by atoms with E-state index < -0.39 is 23.2 Å². The smallest absolute Gasteiger partial charge is 0.315 e. The maximum atomic E-state index is 11.9. The van der Waals surface area contributed by atoms with Crippen molar-refractivity contribution in [3.63, 3.8) is 0 Å². The molecule has 0 saturated carbocycles. The van der Waals surface area contributed by atoms with Crippen LogP contribution in [-0.2, 0) is 14.4 Å². The highest BCUT2D eigenvalue weighted by Crippen LogP contribution is 2.20. The number of carbonyl (C=O) groups is 3. The summed E-state index contributed by atoms with van der Waals surface area (Å²) >= 11 is 0. The first-order chi connectivity index (χ1) is 9.61. The average Bonchev–Trinajstić information content (AvgIpc) is 2.36. The van der Waals surface area contributed by atoms with Crippen molar-refractivity contribution in [2.24, 2.45) is 11.3 Å². The molecule has 1 atom stereocenters. The minimum Gasteiger partial charge on any atom is -0.481 e. The first-order valence-electron chi connectivity index (χ1n) is 6.56. The number of carbonyl (C=O) groups excluding carboxylic acids is 2. The van der Waals surface area contributed by atoms with E-state index in [0.717, 1.165) is 0 Å². The fourth-order valence-electron chi connectivity index (χ4n) is 1.36.